The van der Waals surface area contributed by atoms with Gasteiger partial charge in [0.15, 0.2) is 0 Å². The van der Waals surface area contributed by atoms with Gasteiger partial charge < -0.3 is 9.84 Å². The third-order valence-corrected chi connectivity index (χ3v) is 4.43. The van der Waals surface area contributed by atoms with Crippen LogP contribution in [0.2, 0.25) is 0 Å². The summed E-state index contributed by atoms with van der Waals surface area (Å²) >= 11 is 1.82. The topological polar surface area (TPSA) is 41.5 Å². The van der Waals surface area contributed by atoms with Gasteiger partial charge in [0.05, 0.1) is 12.7 Å². The number of aliphatic hydroxyl groups is 1. The highest BCUT2D eigenvalue weighted by molar-refractivity contribution is 7.19. The number of hydrogen-bond acceptors (Lipinski definition) is 4. The van der Waals surface area contributed by atoms with Crippen LogP contribution in [0.15, 0.2) is 30.3 Å². The molecule has 0 radical (unpaired) electrons. The lowest BCUT2D eigenvalue weighted by atomic mass is 10.2. The van der Waals surface area contributed by atoms with Crippen LogP contribution in [0.3, 0.4) is 0 Å². The van der Waals surface area contributed by atoms with Crippen LogP contribution >= 0.6 is 11.3 Å². The number of hydrogen-bond donors (Lipinski definition) is 2. The molecule has 2 N–H and O–H groups in total. The van der Waals surface area contributed by atoms with Crippen LogP contribution in [0, 0.1) is 0 Å². The molecule has 0 amide bonds. The molecule has 0 aliphatic carbocycles. The SMILES string of the molecule is OC1CCNC1OCCc1cc2ccccc2s1. The molecule has 3 nitrogen and oxygen atoms in total. The summed E-state index contributed by atoms with van der Waals surface area (Å²) < 4.78 is 6.99. The van der Waals surface area contributed by atoms with Crippen LogP contribution in [0.4, 0.5) is 0 Å². The maximum atomic E-state index is 9.62. The largest absolute Gasteiger partial charge is 0.389 e. The Morgan fingerprint density at radius 1 is 1.39 bits per heavy atom. The lowest BCUT2D eigenvalue weighted by molar-refractivity contribution is -0.0285. The minimum Gasteiger partial charge on any atom is -0.389 e. The van der Waals surface area contributed by atoms with Gasteiger partial charge in [0, 0.05) is 22.5 Å². The van der Waals surface area contributed by atoms with Crippen LogP contribution in [0.1, 0.15) is 11.3 Å². The van der Waals surface area contributed by atoms with E-state index in [2.05, 4.69) is 35.6 Å². The van der Waals surface area contributed by atoms with E-state index in [1.54, 1.807) is 0 Å². The average molecular weight is 263 g/mol. The molecule has 2 heterocycles. The lowest BCUT2D eigenvalue weighted by Crippen LogP contribution is -2.33. The molecule has 2 unspecified atom stereocenters. The lowest BCUT2D eigenvalue weighted by Gasteiger charge is -2.15. The van der Waals surface area contributed by atoms with E-state index in [-0.39, 0.29) is 12.3 Å². The van der Waals surface area contributed by atoms with E-state index in [0.29, 0.717) is 6.61 Å². The van der Waals surface area contributed by atoms with E-state index < -0.39 is 0 Å². The molecule has 0 bridgehead atoms. The van der Waals surface area contributed by atoms with Crippen LogP contribution in [-0.4, -0.2) is 30.6 Å². The third kappa shape index (κ3) is 2.57. The second-order valence-corrected chi connectivity index (χ2v) is 5.77. The molecule has 1 aromatic carbocycles. The standard InChI is InChI=1S/C14H17NO2S/c16-12-5-7-15-14(12)17-8-6-11-9-10-3-1-2-4-13(10)18-11/h1-4,9,12,14-16H,5-8H2. The van der Waals surface area contributed by atoms with Crippen molar-refractivity contribution in [2.45, 2.75) is 25.2 Å². The highest BCUT2D eigenvalue weighted by atomic mass is 32.1. The Hall–Kier alpha value is -0.940. The quantitative estimate of drug-likeness (QED) is 0.888. The first-order valence-corrected chi connectivity index (χ1v) is 7.15. The smallest absolute Gasteiger partial charge is 0.134 e. The van der Waals surface area contributed by atoms with E-state index in [0.717, 1.165) is 19.4 Å². The summed E-state index contributed by atoms with van der Waals surface area (Å²) in [6.45, 7) is 1.50. The Morgan fingerprint density at radius 3 is 3.06 bits per heavy atom. The fraction of sp³-hybridized carbons (Fsp3) is 0.429. The van der Waals surface area contributed by atoms with Gasteiger partial charge in [-0.3, -0.25) is 5.32 Å². The number of fused-ring (bicyclic) bond motifs is 1. The number of nitrogens with one attached hydrogen (secondary N) is 1. The summed E-state index contributed by atoms with van der Waals surface area (Å²) in [5.41, 5.74) is 0. The molecule has 1 aliphatic heterocycles. The Morgan fingerprint density at radius 2 is 2.28 bits per heavy atom. The number of ether oxygens (including phenoxy) is 1. The highest BCUT2D eigenvalue weighted by Crippen LogP contribution is 2.25. The Labute approximate surface area is 110 Å². The van der Waals surface area contributed by atoms with Crippen molar-refractivity contribution in [3.8, 4) is 0 Å². The maximum absolute atomic E-state index is 9.62. The molecule has 1 aromatic heterocycles. The van der Waals surface area contributed by atoms with Crippen molar-refractivity contribution in [1.29, 1.82) is 0 Å². The molecule has 0 saturated carbocycles. The molecule has 18 heavy (non-hydrogen) atoms. The van der Waals surface area contributed by atoms with Crippen molar-refractivity contribution in [3.05, 3.63) is 35.2 Å². The summed E-state index contributed by atoms with van der Waals surface area (Å²) in [5, 5.41) is 14.1. The molecule has 1 aliphatic rings. The third-order valence-electron chi connectivity index (χ3n) is 3.26. The predicted molar refractivity (Wildman–Crippen MR) is 73.9 cm³/mol. The number of benzene rings is 1. The molecular weight excluding hydrogens is 246 g/mol. The van der Waals surface area contributed by atoms with E-state index in [1.807, 2.05) is 11.3 Å². The molecule has 96 valence electrons. The van der Waals surface area contributed by atoms with Crippen LogP contribution < -0.4 is 5.32 Å². The van der Waals surface area contributed by atoms with Crippen LogP contribution in [-0.2, 0) is 11.2 Å². The van der Waals surface area contributed by atoms with Gasteiger partial charge in [0.25, 0.3) is 0 Å². The first-order valence-electron chi connectivity index (χ1n) is 6.33. The molecule has 0 spiro atoms. The number of aliphatic hydroxyl groups excluding tert-OH is 1. The molecule has 1 fully saturated rings. The second kappa shape index (κ2) is 5.36. The molecular formula is C14H17NO2S. The molecule has 2 atom stereocenters. The van der Waals surface area contributed by atoms with Crippen molar-refractivity contribution in [3.63, 3.8) is 0 Å². The minimum absolute atomic E-state index is 0.181. The number of thiophene rings is 1. The van der Waals surface area contributed by atoms with E-state index >= 15 is 0 Å². The van der Waals surface area contributed by atoms with Crippen molar-refractivity contribution in [2.24, 2.45) is 0 Å². The normalized spacial score (nSPS) is 23.8. The van der Waals surface area contributed by atoms with Gasteiger partial charge in [-0.15, -0.1) is 11.3 Å². The molecule has 4 heteroatoms. The van der Waals surface area contributed by atoms with Crippen molar-refractivity contribution >= 4 is 21.4 Å². The summed E-state index contributed by atoms with van der Waals surface area (Å²) in [6.07, 6.45) is 1.16. The van der Waals surface area contributed by atoms with Crippen molar-refractivity contribution in [1.82, 2.24) is 5.32 Å². The first-order chi connectivity index (χ1) is 8.83. The fourth-order valence-electron chi connectivity index (χ4n) is 2.28. The second-order valence-electron chi connectivity index (χ2n) is 4.60. The summed E-state index contributed by atoms with van der Waals surface area (Å²) in [5.74, 6) is 0. The van der Waals surface area contributed by atoms with Gasteiger partial charge in [0.1, 0.15) is 6.23 Å². The monoisotopic (exact) mass is 263 g/mol. The van der Waals surface area contributed by atoms with Gasteiger partial charge in [-0.1, -0.05) is 18.2 Å². The van der Waals surface area contributed by atoms with E-state index in [9.17, 15) is 5.11 Å². The predicted octanol–water partition coefficient (Wildman–Crippen LogP) is 2.14. The molecule has 1 saturated heterocycles. The maximum Gasteiger partial charge on any atom is 0.134 e. The van der Waals surface area contributed by atoms with E-state index in [4.69, 9.17) is 4.74 Å². The van der Waals surface area contributed by atoms with Gasteiger partial charge in [-0.25, -0.2) is 0 Å². The van der Waals surface area contributed by atoms with Crippen LogP contribution in [0.25, 0.3) is 10.1 Å². The van der Waals surface area contributed by atoms with Gasteiger partial charge in [0.2, 0.25) is 0 Å². The fourth-order valence-corrected chi connectivity index (χ4v) is 3.32. The minimum atomic E-state index is -0.354. The van der Waals surface area contributed by atoms with Gasteiger partial charge >= 0.3 is 0 Å². The molecule has 3 rings (SSSR count). The van der Waals surface area contributed by atoms with Gasteiger partial charge in [-0.05, 0) is 23.9 Å². The highest BCUT2D eigenvalue weighted by Gasteiger charge is 2.24. The first kappa shape index (κ1) is 12.1. The zero-order valence-electron chi connectivity index (χ0n) is 10.1. The van der Waals surface area contributed by atoms with Crippen LogP contribution in [0.5, 0.6) is 0 Å². The Balaban J connectivity index is 1.56. The summed E-state index contributed by atoms with van der Waals surface area (Å²) in [6, 6.07) is 10.6. The summed E-state index contributed by atoms with van der Waals surface area (Å²) in [4.78, 5) is 1.34. The van der Waals surface area contributed by atoms with Gasteiger partial charge in [-0.2, -0.15) is 0 Å². The average Bonchev–Trinajstić information content (AvgIpc) is 2.96. The zero-order chi connectivity index (χ0) is 12.4. The summed E-state index contributed by atoms with van der Waals surface area (Å²) in [7, 11) is 0. The van der Waals surface area contributed by atoms with E-state index in [1.165, 1.54) is 15.0 Å². The Kier molecular flexibility index (Phi) is 3.61. The van der Waals surface area contributed by atoms with Crippen molar-refractivity contribution in [2.75, 3.05) is 13.2 Å². The Bertz CT molecular complexity index is 492. The number of rotatable bonds is 4. The zero-order valence-corrected chi connectivity index (χ0v) is 11.0. The van der Waals surface area contributed by atoms with Crippen molar-refractivity contribution < 1.29 is 9.84 Å². The molecule has 2 aromatic rings.